The summed E-state index contributed by atoms with van der Waals surface area (Å²) in [7, 11) is -3.35. The zero-order valence-corrected chi connectivity index (χ0v) is 16.0. The molecule has 26 heavy (non-hydrogen) atoms. The van der Waals surface area contributed by atoms with E-state index < -0.39 is 10.0 Å². The summed E-state index contributed by atoms with van der Waals surface area (Å²) in [6, 6.07) is 9.92. The molecule has 8 heteroatoms. The minimum absolute atomic E-state index is 0.0627. The molecule has 0 N–H and O–H groups in total. The highest BCUT2D eigenvalue weighted by molar-refractivity contribution is 7.88. The van der Waals surface area contributed by atoms with Crippen molar-refractivity contribution in [1.29, 1.82) is 0 Å². The average molecular weight is 381 g/mol. The van der Waals surface area contributed by atoms with E-state index in [4.69, 9.17) is 0 Å². The van der Waals surface area contributed by atoms with Crippen LogP contribution >= 0.6 is 0 Å². The van der Waals surface area contributed by atoms with E-state index in [-0.39, 0.29) is 18.9 Å². The highest BCUT2D eigenvalue weighted by Gasteiger charge is 2.22. The zero-order valence-electron chi connectivity index (χ0n) is 15.2. The fourth-order valence-electron chi connectivity index (χ4n) is 3.00. The third kappa shape index (κ3) is 6.42. The lowest BCUT2D eigenvalue weighted by molar-refractivity contribution is -0.135. The van der Waals surface area contributed by atoms with Crippen LogP contribution in [0.25, 0.3) is 0 Å². The fraction of sp³-hybridized carbons (Fsp3) is 0.556. The normalized spacial score (nSPS) is 15.3. The van der Waals surface area contributed by atoms with Gasteiger partial charge in [-0.3, -0.25) is 9.59 Å². The van der Waals surface area contributed by atoms with Gasteiger partial charge in [0.05, 0.1) is 6.26 Å². The van der Waals surface area contributed by atoms with Gasteiger partial charge in [0.2, 0.25) is 22.3 Å². The van der Waals surface area contributed by atoms with Crippen LogP contribution < -0.4 is 0 Å². The SMILES string of the molecule is CS(=O)(=O)N(CCCc1ccccc1)CCC(=O)N1CCN(C=O)CC1. The average Bonchev–Trinajstić information content (AvgIpc) is 2.64. The van der Waals surface area contributed by atoms with E-state index in [1.54, 1.807) is 9.80 Å². The van der Waals surface area contributed by atoms with E-state index in [1.807, 2.05) is 30.3 Å². The first-order valence-corrected chi connectivity index (χ1v) is 10.7. The van der Waals surface area contributed by atoms with Crippen LogP contribution in [-0.2, 0) is 26.0 Å². The van der Waals surface area contributed by atoms with Crippen LogP contribution in [0.3, 0.4) is 0 Å². The molecule has 0 aromatic heterocycles. The minimum Gasteiger partial charge on any atom is -0.342 e. The van der Waals surface area contributed by atoms with Gasteiger partial charge in [0.15, 0.2) is 0 Å². The van der Waals surface area contributed by atoms with Gasteiger partial charge in [-0.15, -0.1) is 0 Å². The van der Waals surface area contributed by atoms with Crippen molar-refractivity contribution < 1.29 is 18.0 Å². The molecule has 0 bridgehead atoms. The Morgan fingerprint density at radius 3 is 2.35 bits per heavy atom. The fourth-order valence-corrected chi connectivity index (χ4v) is 3.89. The molecule has 0 unspecified atom stereocenters. The molecule has 1 aliphatic rings. The number of nitrogens with zero attached hydrogens (tertiary/aromatic N) is 3. The second-order valence-electron chi connectivity index (χ2n) is 6.52. The third-order valence-electron chi connectivity index (χ3n) is 4.58. The first-order valence-electron chi connectivity index (χ1n) is 8.86. The van der Waals surface area contributed by atoms with Crippen molar-refractivity contribution in [3.05, 3.63) is 35.9 Å². The molecule has 1 aromatic rings. The van der Waals surface area contributed by atoms with Crippen molar-refractivity contribution in [3.63, 3.8) is 0 Å². The van der Waals surface area contributed by atoms with E-state index in [0.717, 1.165) is 12.8 Å². The Kier molecular flexibility index (Phi) is 7.59. The van der Waals surface area contributed by atoms with Crippen LogP contribution in [0.15, 0.2) is 30.3 Å². The summed E-state index contributed by atoms with van der Waals surface area (Å²) in [6.07, 6.45) is 3.65. The van der Waals surface area contributed by atoms with Crippen molar-refractivity contribution >= 4 is 22.3 Å². The lowest BCUT2D eigenvalue weighted by Gasteiger charge is -2.33. The predicted octanol–water partition coefficient (Wildman–Crippen LogP) is 0.572. The first kappa shape index (κ1) is 20.4. The van der Waals surface area contributed by atoms with E-state index in [0.29, 0.717) is 39.1 Å². The van der Waals surface area contributed by atoms with Crippen LogP contribution in [-0.4, -0.2) is 80.4 Å². The summed E-state index contributed by atoms with van der Waals surface area (Å²) in [4.78, 5) is 26.4. The molecule has 2 amide bonds. The summed E-state index contributed by atoms with van der Waals surface area (Å²) in [6.45, 7) is 2.67. The Morgan fingerprint density at radius 2 is 1.77 bits per heavy atom. The van der Waals surface area contributed by atoms with Crippen molar-refractivity contribution in [2.24, 2.45) is 0 Å². The topological polar surface area (TPSA) is 78.0 Å². The van der Waals surface area contributed by atoms with Crippen molar-refractivity contribution in [2.45, 2.75) is 19.3 Å². The molecule has 0 aliphatic carbocycles. The second kappa shape index (κ2) is 9.68. The molecular weight excluding hydrogens is 354 g/mol. The van der Waals surface area contributed by atoms with Crippen LogP contribution in [0, 0.1) is 0 Å². The molecule has 1 aliphatic heterocycles. The van der Waals surface area contributed by atoms with Gasteiger partial charge in [-0.25, -0.2) is 12.7 Å². The molecule has 1 saturated heterocycles. The van der Waals surface area contributed by atoms with Gasteiger partial charge in [-0.1, -0.05) is 30.3 Å². The molecule has 1 heterocycles. The lowest BCUT2D eigenvalue weighted by Crippen LogP contribution is -2.48. The maximum Gasteiger partial charge on any atom is 0.224 e. The largest absolute Gasteiger partial charge is 0.342 e. The van der Waals surface area contributed by atoms with E-state index in [1.165, 1.54) is 16.1 Å². The summed E-state index contributed by atoms with van der Waals surface area (Å²) in [5.41, 5.74) is 1.17. The molecule has 0 atom stereocenters. The standard InChI is InChI=1S/C18H27N3O4S/c1-26(24,25)21(10-5-8-17-6-3-2-4-7-17)11-9-18(23)20-14-12-19(16-22)13-15-20/h2-4,6-7,16H,5,8-15H2,1H3. The number of amides is 2. The molecule has 2 rings (SSSR count). The number of aryl methyl sites for hydroxylation is 1. The third-order valence-corrected chi connectivity index (χ3v) is 5.88. The quantitative estimate of drug-likeness (QED) is 0.586. The Hall–Kier alpha value is -1.93. The Balaban J connectivity index is 1.80. The highest BCUT2D eigenvalue weighted by Crippen LogP contribution is 2.09. The number of piperazine rings is 1. The van der Waals surface area contributed by atoms with Crippen LogP contribution in [0.2, 0.25) is 0 Å². The highest BCUT2D eigenvalue weighted by atomic mass is 32.2. The summed E-state index contributed by atoms with van der Waals surface area (Å²) in [5, 5.41) is 0. The number of carbonyl (C=O) groups excluding carboxylic acids is 2. The van der Waals surface area contributed by atoms with Gasteiger partial charge in [-0.2, -0.15) is 0 Å². The Labute approximate surface area is 155 Å². The first-order chi connectivity index (χ1) is 12.4. The van der Waals surface area contributed by atoms with E-state index in [9.17, 15) is 18.0 Å². The molecule has 0 radical (unpaired) electrons. The predicted molar refractivity (Wildman–Crippen MR) is 100 cm³/mol. The molecule has 0 saturated carbocycles. The molecule has 7 nitrogen and oxygen atoms in total. The molecule has 0 spiro atoms. The van der Waals surface area contributed by atoms with Crippen LogP contribution in [0.5, 0.6) is 0 Å². The summed E-state index contributed by atoms with van der Waals surface area (Å²) >= 11 is 0. The summed E-state index contributed by atoms with van der Waals surface area (Å²) in [5.74, 6) is -0.0627. The number of hydrogen-bond donors (Lipinski definition) is 0. The number of hydrogen-bond acceptors (Lipinski definition) is 4. The van der Waals surface area contributed by atoms with Crippen molar-refractivity contribution in [2.75, 3.05) is 45.5 Å². The number of benzene rings is 1. The smallest absolute Gasteiger partial charge is 0.224 e. The van der Waals surface area contributed by atoms with Crippen LogP contribution in [0.1, 0.15) is 18.4 Å². The van der Waals surface area contributed by atoms with Gasteiger partial charge >= 0.3 is 0 Å². The minimum atomic E-state index is -3.35. The molecule has 144 valence electrons. The molecule has 1 fully saturated rings. The zero-order chi connectivity index (χ0) is 19.0. The van der Waals surface area contributed by atoms with Crippen molar-refractivity contribution in [3.8, 4) is 0 Å². The number of carbonyl (C=O) groups is 2. The number of sulfonamides is 1. The van der Waals surface area contributed by atoms with Gasteiger partial charge in [0.1, 0.15) is 0 Å². The van der Waals surface area contributed by atoms with E-state index >= 15 is 0 Å². The van der Waals surface area contributed by atoms with Gasteiger partial charge in [0.25, 0.3) is 0 Å². The number of rotatable bonds is 9. The lowest BCUT2D eigenvalue weighted by atomic mass is 10.1. The Bertz CT molecular complexity index is 686. The maximum absolute atomic E-state index is 12.3. The summed E-state index contributed by atoms with van der Waals surface area (Å²) < 4.78 is 25.4. The van der Waals surface area contributed by atoms with E-state index in [2.05, 4.69) is 0 Å². The second-order valence-corrected chi connectivity index (χ2v) is 8.51. The monoisotopic (exact) mass is 381 g/mol. The molecule has 1 aromatic carbocycles. The molecular formula is C18H27N3O4S. The van der Waals surface area contributed by atoms with Crippen molar-refractivity contribution in [1.82, 2.24) is 14.1 Å². The van der Waals surface area contributed by atoms with Gasteiger partial charge in [0, 0.05) is 45.7 Å². The maximum atomic E-state index is 12.3. The van der Waals surface area contributed by atoms with Crippen LogP contribution in [0.4, 0.5) is 0 Å². The van der Waals surface area contributed by atoms with Gasteiger partial charge < -0.3 is 9.80 Å². The van der Waals surface area contributed by atoms with Gasteiger partial charge in [-0.05, 0) is 18.4 Å². The Morgan fingerprint density at radius 1 is 1.12 bits per heavy atom.